The number of ether oxygens (including phenoxy) is 1. The molecule has 9 heteroatoms. The Hall–Kier alpha value is -3.33. The van der Waals surface area contributed by atoms with E-state index in [2.05, 4.69) is 9.97 Å². The number of carbonyl (C=O) groups excluding carboxylic acids is 1. The molecule has 0 aliphatic carbocycles. The third-order valence-corrected chi connectivity index (χ3v) is 7.14. The van der Waals surface area contributed by atoms with Crippen molar-refractivity contribution in [3.05, 3.63) is 60.0 Å². The summed E-state index contributed by atoms with van der Waals surface area (Å²) in [7, 11) is -1.91. The minimum absolute atomic E-state index is 0.112. The van der Waals surface area contributed by atoms with Crippen molar-refractivity contribution in [2.75, 3.05) is 26.5 Å². The maximum absolute atomic E-state index is 13.3. The van der Waals surface area contributed by atoms with Crippen LogP contribution in [0.4, 0.5) is 0 Å². The lowest BCUT2D eigenvalue weighted by Gasteiger charge is -2.31. The van der Waals surface area contributed by atoms with E-state index < -0.39 is 9.84 Å². The Morgan fingerprint density at radius 2 is 1.97 bits per heavy atom. The first-order chi connectivity index (χ1) is 15.4. The second-order valence-corrected chi connectivity index (χ2v) is 10.1. The van der Waals surface area contributed by atoms with E-state index in [4.69, 9.17) is 4.74 Å². The first-order valence-corrected chi connectivity index (χ1v) is 12.4. The summed E-state index contributed by atoms with van der Waals surface area (Å²) in [6.07, 6.45) is 6.41. The minimum Gasteiger partial charge on any atom is -0.497 e. The van der Waals surface area contributed by atoms with Crippen LogP contribution < -0.4 is 4.74 Å². The molecule has 5 rings (SSSR count). The number of methoxy groups -OCH3 is 1. The van der Waals surface area contributed by atoms with Crippen molar-refractivity contribution in [1.82, 2.24) is 19.3 Å². The van der Waals surface area contributed by atoms with Gasteiger partial charge in [-0.05, 0) is 54.7 Å². The Bertz CT molecular complexity index is 1430. The predicted octanol–water partition coefficient (Wildman–Crippen LogP) is 3.25. The number of imidazole rings is 1. The molecule has 0 spiro atoms. The van der Waals surface area contributed by atoms with E-state index >= 15 is 0 Å². The summed E-state index contributed by atoms with van der Waals surface area (Å²) < 4.78 is 31.2. The molecule has 4 aromatic rings. The number of piperidine rings is 1. The monoisotopic (exact) mass is 452 g/mol. The van der Waals surface area contributed by atoms with Crippen LogP contribution in [-0.2, 0) is 9.84 Å². The van der Waals surface area contributed by atoms with Gasteiger partial charge in [0.05, 0.1) is 12.6 Å². The maximum atomic E-state index is 13.3. The normalized spacial score (nSPS) is 15.5. The number of H-pyrrole nitrogens is 1. The van der Waals surface area contributed by atoms with Gasteiger partial charge in [-0.25, -0.2) is 13.4 Å². The van der Waals surface area contributed by atoms with Crippen molar-refractivity contribution >= 4 is 32.2 Å². The molecule has 8 nitrogen and oxygen atoms in total. The van der Waals surface area contributed by atoms with Gasteiger partial charge >= 0.3 is 0 Å². The molecule has 32 heavy (non-hydrogen) atoms. The molecule has 1 N–H and O–H groups in total. The second-order valence-electron chi connectivity index (χ2n) is 8.19. The highest BCUT2D eigenvalue weighted by Crippen LogP contribution is 2.35. The number of rotatable bonds is 4. The van der Waals surface area contributed by atoms with Crippen LogP contribution >= 0.6 is 0 Å². The van der Waals surface area contributed by atoms with Crippen LogP contribution in [-0.4, -0.2) is 60.0 Å². The van der Waals surface area contributed by atoms with Crippen LogP contribution in [0, 0.1) is 0 Å². The predicted molar refractivity (Wildman–Crippen MR) is 121 cm³/mol. The molecule has 3 aromatic heterocycles. The standard InChI is InChI=1S/C23H24N4O4S/c1-31-16-6-7-19-17(13-16)18(14-24-19)15-8-11-26(12-9-15)22(28)21-20-5-3-4-10-27(20)23(25-21)32(2,29)30/h3-7,10,13-15,24H,8-9,11-12H2,1-2H3. The molecule has 1 aliphatic rings. The lowest BCUT2D eigenvalue weighted by molar-refractivity contribution is 0.0709. The Balaban J connectivity index is 1.39. The highest BCUT2D eigenvalue weighted by atomic mass is 32.2. The molecule has 1 aliphatic heterocycles. The maximum Gasteiger partial charge on any atom is 0.274 e. The van der Waals surface area contributed by atoms with E-state index in [-0.39, 0.29) is 16.8 Å². The summed E-state index contributed by atoms with van der Waals surface area (Å²) in [6, 6.07) is 11.2. The molecule has 0 bridgehead atoms. The molecular formula is C23H24N4O4S. The average molecular weight is 453 g/mol. The van der Waals surface area contributed by atoms with Crippen molar-refractivity contribution < 1.29 is 17.9 Å². The van der Waals surface area contributed by atoms with Gasteiger partial charge in [0.2, 0.25) is 15.0 Å². The SMILES string of the molecule is COc1ccc2[nH]cc(C3CCN(C(=O)c4nc(S(C)(=O)=O)n5ccccc45)CC3)c2c1. The van der Waals surface area contributed by atoms with Crippen molar-refractivity contribution in [1.29, 1.82) is 0 Å². The number of carbonyl (C=O) groups is 1. The fraction of sp³-hybridized carbons (Fsp3) is 0.304. The van der Waals surface area contributed by atoms with Crippen LogP contribution in [0.3, 0.4) is 0 Å². The Morgan fingerprint density at radius 1 is 1.19 bits per heavy atom. The van der Waals surface area contributed by atoms with Gasteiger partial charge in [0, 0.05) is 42.6 Å². The molecule has 0 saturated carbocycles. The quantitative estimate of drug-likeness (QED) is 0.513. The molecule has 4 heterocycles. The fourth-order valence-electron chi connectivity index (χ4n) is 4.56. The number of nitrogens with zero attached hydrogens (tertiary/aromatic N) is 3. The van der Waals surface area contributed by atoms with E-state index in [9.17, 15) is 13.2 Å². The summed E-state index contributed by atoms with van der Waals surface area (Å²) in [6.45, 7) is 1.17. The number of aromatic amines is 1. The minimum atomic E-state index is -3.57. The number of fused-ring (bicyclic) bond motifs is 2. The number of amides is 1. The summed E-state index contributed by atoms with van der Waals surface area (Å²) in [5.41, 5.74) is 2.99. The van der Waals surface area contributed by atoms with Crippen molar-refractivity contribution in [2.45, 2.75) is 23.9 Å². The summed E-state index contributed by atoms with van der Waals surface area (Å²) in [5, 5.41) is 1.03. The molecule has 1 saturated heterocycles. The lowest BCUT2D eigenvalue weighted by atomic mass is 9.89. The van der Waals surface area contributed by atoms with Gasteiger partial charge in [0.15, 0.2) is 5.69 Å². The summed E-state index contributed by atoms with van der Waals surface area (Å²) in [4.78, 5) is 22.6. The molecule has 0 atom stereocenters. The van der Waals surface area contributed by atoms with Crippen LogP contribution in [0.2, 0.25) is 0 Å². The van der Waals surface area contributed by atoms with Gasteiger partial charge < -0.3 is 14.6 Å². The molecule has 1 amide bonds. The molecule has 0 unspecified atom stereocenters. The van der Waals surface area contributed by atoms with E-state index in [1.165, 1.54) is 9.96 Å². The van der Waals surface area contributed by atoms with Gasteiger partial charge in [-0.2, -0.15) is 0 Å². The van der Waals surface area contributed by atoms with Crippen LogP contribution in [0.15, 0.2) is 53.9 Å². The van der Waals surface area contributed by atoms with Gasteiger partial charge in [0.25, 0.3) is 5.91 Å². The fourth-order valence-corrected chi connectivity index (χ4v) is 5.33. The third kappa shape index (κ3) is 3.42. The number of nitrogens with one attached hydrogen (secondary N) is 1. The second kappa shape index (κ2) is 7.67. The smallest absolute Gasteiger partial charge is 0.274 e. The third-order valence-electron chi connectivity index (χ3n) is 6.19. The lowest BCUT2D eigenvalue weighted by Crippen LogP contribution is -2.38. The van der Waals surface area contributed by atoms with Gasteiger partial charge in [-0.1, -0.05) is 6.07 Å². The Kier molecular flexibility index (Phi) is 4.93. The highest BCUT2D eigenvalue weighted by molar-refractivity contribution is 7.90. The Morgan fingerprint density at radius 3 is 2.69 bits per heavy atom. The van der Waals surface area contributed by atoms with Gasteiger partial charge in [-0.15, -0.1) is 0 Å². The largest absolute Gasteiger partial charge is 0.497 e. The molecule has 0 radical (unpaired) electrons. The van der Waals surface area contributed by atoms with Crippen LogP contribution in [0.1, 0.15) is 34.8 Å². The average Bonchev–Trinajstić information content (AvgIpc) is 3.40. The van der Waals surface area contributed by atoms with E-state index in [0.717, 1.165) is 35.7 Å². The number of benzene rings is 1. The van der Waals surface area contributed by atoms with Crippen LogP contribution in [0.5, 0.6) is 5.75 Å². The number of likely N-dealkylation sites (tertiary alicyclic amines) is 1. The van der Waals surface area contributed by atoms with Gasteiger partial charge in [-0.3, -0.25) is 9.20 Å². The zero-order chi connectivity index (χ0) is 22.5. The highest BCUT2D eigenvalue weighted by Gasteiger charge is 2.30. The van der Waals surface area contributed by atoms with Crippen molar-refractivity contribution in [3.8, 4) is 5.75 Å². The molecule has 1 aromatic carbocycles. The van der Waals surface area contributed by atoms with Crippen molar-refractivity contribution in [3.63, 3.8) is 0 Å². The number of hydrogen-bond donors (Lipinski definition) is 1. The van der Waals surface area contributed by atoms with Crippen molar-refractivity contribution in [2.24, 2.45) is 0 Å². The topological polar surface area (TPSA) is 96.8 Å². The number of sulfone groups is 1. The summed E-state index contributed by atoms with van der Waals surface area (Å²) >= 11 is 0. The molecule has 166 valence electrons. The van der Waals surface area contributed by atoms with Gasteiger partial charge in [0.1, 0.15) is 5.75 Å². The van der Waals surface area contributed by atoms with Crippen LogP contribution in [0.25, 0.3) is 16.4 Å². The first-order valence-electron chi connectivity index (χ1n) is 10.5. The summed E-state index contributed by atoms with van der Waals surface area (Å²) in [5.74, 6) is 0.909. The number of aromatic nitrogens is 3. The van der Waals surface area contributed by atoms with E-state index in [0.29, 0.717) is 24.5 Å². The molecular weight excluding hydrogens is 428 g/mol. The first kappa shape index (κ1) is 20.6. The number of hydrogen-bond acceptors (Lipinski definition) is 5. The zero-order valence-electron chi connectivity index (χ0n) is 17.9. The van der Waals surface area contributed by atoms with E-state index in [1.807, 2.05) is 24.4 Å². The molecule has 1 fully saturated rings. The Labute approximate surface area is 185 Å². The van der Waals surface area contributed by atoms with E-state index in [1.54, 1.807) is 36.4 Å². The zero-order valence-corrected chi connectivity index (χ0v) is 18.7. The number of pyridine rings is 1.